The third kappa shape index (κ3) is 2.33. The smallest absolute Gasteiger partial charge is 0.240 e. The third-order valence-corrected chi connectivity index (χ3v) is 4.37. The number of rotatable bonds is 4. The van der Waals surface area contributed by atoms with Gasteiger partial charge in [-0.15, -0.1) is 11.3 Å². The van der Waals surface area contributed by atoms with Crippen molar-refractivity contribution in [2.45, 2.75) is 38.8 Å². The van der Waals surface area contributed by atoms with Gasteiger partial charge in [0.2, 0.25) is 5.89 Å². The first-order chi connectivity index (χ1) is 8.86. The zero-order valence-corrected chi connectivity index (χ0v) is 11.3. The van der Waals surface area contributed by atoms with Crippen molar-refractivity contribution in [3.8, 4) is 0 Å². The van der Waals surface area contributed by atoms with Crippen LogP contribution in [0.5, 0.6) is 0 Å². The molecule has 1 aliphatic rings. The van der Waals surface area contributed by atoms with Gasteiger partial charge in [-0.1, -0.05) is 18.1 Å². The fourth-order valence-electron chi connectivity index (χ4n) is 2.49. The Morgan fingerprint density at radius 1 is 1.56 bits per heavy atom. The summed E-state index contributed by atoms with van der Waals surface area (Å²) in [7, 11) is 0. The zero-order valence-electron chi connectivity index (χ0n) is 10.5. The second kappa shape index (κ2) is 5.20. The molecule has 0 amide bonds. The van der Waals surface area contributed by atoms with E-state index >= 15 is 0 Å². The van der Waals surface area contributed by atoms with Crippen molar-refractivity contribution >= 4 is 11.3 Å². The molecule has 0 N–H and O–H groups in total. The van der Waals surface area contributed by atoms with Gasteiger partial charge in [0.05, 0.1) is 6.54 Å². The Hall–Kier alpha value is -1.20. The van der Waals surface area contributed by atoms with Crippen LogP contribution in [-0.2, 0) is 13.0 Å². The van der Waals surface area contributed by atoms with Gasteiger partial charge >= 0.3 is 0 Å². The fraction of sp³-hybridized carbons (Fsp3) is 0.538. The zero-order chi connectivity index (χ0) is 12.4. The Labute approximate surface area is 111 Å². The van der Waals surface area contributed by atoms with Gasteiger partial charge < -0.3 is 4.52 Å². The highest BCUT2D eigenvalue weighted by Gasteiger charge is 2.28. The number of likely N-dealkylation sites (tertiary alicyclic amines) is 1. The van der Waals surface area contributed by atoms with Gasteiger partial charge in [0.25, 0.3) is 0 Å². The van der Waals surface area contributed by atoms with E-state index in [1.807, 2.05) is 18.3 Å². The summed E-state index contributed by atoms with van der Waals surface area (Å²) in [5.41, 5.74) is 0. The number of hydrogen-bond acceptors (Lipinski definition) is 5. The molecule has 1 aliphatic heterocycles. The molecule has 1 saturated heterocycles. The molecule has 1 fully saturated rings. The van der Waals surface area contributed by atoms with Crippen LogP contribution in [0.25, 0.3) is 0 Å². The van der Waals surface area contributed by atoms with Crippen molar-refractivity contribution in [3.63, 3.8) is 0 Å². The molecule has 0 aliphatic carbocycles. The summed E-state index contributed by atoms with van der Waals surface area (Å²) in [6.45, 7) is 3.93. The van der Waals surface area contributed by atoms with Crippen molar-refractivity contribution in [1.29, 1.82) is 0 Å². The first-order valence-electron chi connectivity index (χ1n) is 6.45. The van der Waals surface area contributed by atoms with E-state index in [9.17, 15) is 0 Å². The van der Waals surface area contributed by atoms with E-state index in [-0.39, 0.29) is 0 Å². The first kappa shape index (κ1) is 11.9. The van der Waals surface area contributed by atoms with E-state index in [1.54, 1.807) is 0 Å². The van der Waals surface area contributed by atoms with E-state index in [0.29, 0.717) is 6.04 Å². The van der Waals surface area contributed by atoms with Crippen molar-refractivity contribution < 1.29 is 4.52 Å². The highest BCUT2D eigenvalue weighted by Crippen LogP contribution is 2.35. The average Bonchev–Trinajstić information content (AvgIpc) is 3.09. The highest BCUT2D eigenvalue weighted by atomic mass is 32.1. The summed E-state index contributed by atoms with van der Waals surface area (Å²) >= 11 is 1.84. The lowest BCUT2D eigenvalue weighted by molar-refractivity contribution is 0.214. The van der Waals surface area contributed by atoms with Crippen LogP contribution in [0, 0.1) is 0 Å². The summed E-state index contributed by atoms with van der Waals surface area (Å²) in [6.07, 6.45) is 3.31. The molecule has 2 aromatic rings. The quantitative estimate of drug-likeness (QED) is 0.850. The van der Waals surface area contributed by atoms with Crippen LogP contribution in [0.4, 0.5) is 0 Å². The lowest BCUT2D eigenvalue weighted by Gasteiger charge is -2.21. The van der Waals surface area contributed by atoms with Gasteiger partial charge in [-0.2, -0.15) is 4.98 Å². The van der Waals surface area contributed by atoms with Crippen molar-refractivity contribution in [2.24, 2.45) is 0 Å². The molecular weight excluding hydrogens is 246 g/mol. The van der Waals surface area contributed by atoms with E-state index in [1.165, 1.54) is 17.7 Å². The van der Waals surface area contributed by atoms with Crippen LogP contribution in [0.15, 0.2) is 22.0 Å². The molecule has 0 unspecified atom stereocenters. The van der Waals surface area contributed by atoms with Crippen LogP contribution in [0.2, 0.25) is 0 Å². The van der Waals surface area contributed by atoms with Crippen LogP contribution in [-0.4, -0.2) is 21.6 Å². The van der Waals surface area contributed by atoms with Crippen LogP contribution >= 0.6 is 11.3 Å². The fourth-order valence-corrected chi connectivity index (χ4v) is 3.39. The molecular formula is C13H17N3OS. The van der Waals surface area contributed by atoms with E-state index in [4.69, 9.17) is 4.52 Å². The molecule has 0 aromatic carbocycles. The molecule has 18 heavy (non-hydrogen) atoms. The molecule has 3 rings (SSSR count). The Morgan fingerprint density at radius 2 is 2.50 bits per heavy atom. The van der Waals surface area contributed by atoms with Crippen molar-refractivity contribution in [2.75, 3.05) is 6.54 Å². The Balaban J connectivity index is 1.71. The Morgan fingerprint density at radius 3 is 3.22 bits per heavy atom. The average molecular weight is 263 g/mol. The van der Waals surface area contributed by atoms with Gasteiger partial charge in [0, 0.05) is 17.3 Å². The molecule has 1 atom stereocenters. The number of aromatic nitrogens is 2. The second-order valence-corrected chi connectivity index (χ2v) is 5.58. The van der Waals surface area contributed by atoms with E-state index in [2.05, 4.69) is 32.6 Å². The van der Waals surface area contributed by atoms with Gasteiger partial charge in [0.1, 0.15) is 0 Å². The molecule has 2 aromatic heterocycles. The first-order valence-corrected chi connectivity index (χ1v) is 7.33. The van der Waals surface area contributed by atoms with E-state index < -0.39 is 0 Å². The minimum Gasteiger partial charge on any atom is -0.338 e. The lowest BCUT2D eigenvalue weighted by Crippen LogP contribution is -2.22. The third-order valence-electron chi connectivity index (χ3n) is 3.40. The Bertz CT molecular complexity index is 494. The van der Waals surface area contributed by atoms with Crippen LogP contribution in [0.3, 0.4) is 0 Å². The molecule has 4 nitrogen and oxygen atoms in total. The summed E-state index contributed by atoms with van der Waals surface area (Å²) in [4.78, 5) is 8.28. The van der Waals surface area contributed by atoms with Crippen LogP contribution < -0.4 is 0 Å². The largest absolute Gasteiger partial charge is 0.338 e. The van der Waals surface area contributed by atoms with Gasteiger partial charge in [-0.05, 0) is 30.8 Å². The lowest BCUT2D eigenvalue weighted by atomic mass is 10.2. The number of nitrogens with zero attached hydrogens (tertiary/aromatic N) is 3. The molecule has 0 bridgehead atoms. The molecule has 0 spiro atoms. The number of aryl methyl sites for hydroxylation is 1. The molecule has 5 heteroatoms. The molecule has 96 valence electrons. The summed E-state index contributed by atoms with van der Waals surface area (Å²) in [6, 6.07) is 4.87. The molecule has 0 radical (unpaired) electrons. The predicted octanol–water partition coefficient (Wildman–Crippen LogP) is 3.03. The summed E-state index contributed by atoms with van der Waals surface area (Å²) in [5.74, 6) is 1.55. The molecule has 3 heterocycles. The Kier molecular flexibility index (Phi) is 3.43. The van der Waals surface area contributed by atoms with Gasteiger partial charge in [-0.25, -0.2) is 0 Å². The monoisotopic (exact) mass is 263 g/mol. The standard InChI is InChI=1S/C13H17N3OS/c1-2-12-14-13(17-15-12)9-16-7-3-5-10(16)11-6-4-8-18-11/h4,6,8,10H,2-3,5,7,9H2,1H3/t10-/m1/s1. The minimum atomic E-state index is 0.530. The second-order valence-electron chi connectivity index (χ2n) is 4.60. The van der Waals surface area contributed by atoms with Gasteiger partial charge in [0.15, 0.2) is 5.82 Å². The highest BCUT2D eigenvalue weighted by molar-refractivity contribution is 7.10. The van der Waals surface area contributed by atoms with Crippen molar-refractivity contribution in [1.82, 2.24) is 15.0 Å². The molecule has 0 saturated carbocycles. The van der Waals surface area contributed by atoms with Gasteiger partial charge in [-0.3, -0.25) is 4.90 Å². The minimum absolute atomic E-state index is 0.530. The maximum atomic E-state index is 5.28. The summed E-state index contributed by atoms with van der Waals surface area (Å²) < 4.78 is 5.28. The maximum Gasteiger partial charge on any atom is 0.240 e. The number of hydrogen-bond donors (Lipinski definition) is 0. The SMILES string of the molecule is CCc1noc(CN2CCC[C@@H]2c2cccs2)n1. The summed E-state index contributed by atoms with van der Waals surface area (Å²) in [5, 5.41) is 6.10. The number of thiophene rings is 1. The predicted molar refractivity (Wildman–Crippen MR) is 70.4 cm³/mol. The maximum absolute atomic E-state index is 5.28. The topological polar surface area (TPSA) is 42.2 Å². The van der Waals surface area contributed by atoms with E-state index in [0.717, 1.165) is 31.2 Å². The van der Waals surface area contributed by atoms with Crippen molar-refractivity contribution in [3.05, 3.63) is 34.1 Å². The normalized spacial score (nSPS) is 20.6. The van der Waals surface area contributed by atoms with Crippen LogP contribution in [0.1, 0.15) is 42.4 Å².